The molecule has 0 spiro atoms. The lowest BCUT2D eigenvalue weighted by atomic mass is 9.95. The van der Waals surface area contributed by atoms with Crippen molar-refractivity contribution in [1.82, 2.24) is 4.98 Å². The second-order valence-corrected chi connectivity index (χ2v) is 5.26. The van der Waals surface area contributed by atoms with Crippen molar-refractivity contribution in [2.45, 2.75) is 0 Å². The molecule has 0 aliphatic rings. The average molecular weight is 291 g/mol. The van der Waals surface area contributed by atoms with Crippen LogP contribution in [-0.4, -0.2) is 33.2 Å². The van der Waals surface area contributed by atoms with E-state index in [-0.39, 0.29) is 0 Å². The van der Waals surface area contributed by atoms with Gasteiger partial charge in [-0.1, -0.05) is 30.3 Å². The molecule has 2 rings (SSSR count). The lowest BCUT2D eigenvalue weighted by Gasteiger charge is -2.22. The highest BCUT2D eigenvalue weighted by molar-refractivity contribution is 5.85. The number of anilines is 2. The van der Waals surface area contributed by atoms with Crippen molar-refractivity contribution in [3.8, 4) is 23.3 Å². The quantitative estimate of drug-likeness (QED) is 0.869. The van der Waals surface area contributed by atoms with Crippen LogP contribution in [0.1, 0.15) is 11.1 Å². The molecule has 1 aromatic carbocycles. The minimum atomic E-state index is 0.415. The summed E-state index contributed by atoms with van der Waals surface area (Å²) in [6, 6.07) is 13.9. The van der Waals surface area contributed by atoms with Crippen LogP contribution in [0.4, 0.5) is 11.6 Å². The minimum Gasteiger partial charge on any atom is -0.362 e. The first-order valence-electron chi connectivity index (χ1n) is 6.79. The second-order valence-electron chi connectivity index (χ2n) is 5.26. The summed E-state index contributed by atoms with van der Waals surface area (Å²) >= 11 is 0. The average Bonchev–Trinajstić information content (AvgIpc) is 2.53. The first-order chi connectivity index (χ1) is 10.5. The van der Waals surface area contributed by atoms with Gasteiger partial charge in [-0.3, -0.25) is 0 Å². The highest BCUT2D eigenvalue weighted by atomic mass is 15.2. The molecule has 0 aliphatic heterocycles. The molecule has 0 atom stereocenters. The summed E-state index contributed by atoms with van der Waals surface area (Å²) in [6.07, 6.45) is 0. The zero-order valence-electron chi connectivity index (χ0n) is 13.1. The topological polar surface area (TPSA) is 67.0 Å². The van der Waals surface area contributed by atoms with E-state index in [2.05, 4.69) is 17.1 Å². The van der Waals surface area contributed by atoms with Crippen LogP contribution in [0.25, 0.3) is 11.1 Å². The molecular weight excluding hydrogens is 274 g/mol. The minimum absolute atomic E-state index is 0.415. The largest absolute Gasteiger partial charge is 0.362 e. The molecule has 0 aliphatic carbocycles. The maximum atomic E-state index is 9.62. The standard InChI is InChI=1S/C17H17N5/c1-21(2)16-13(10-18)15(12-8-6-5-7-9-12)14(11-19)17(20-16)22(3)4/h5-9H,1-4H3. The fraction of sp³-hybridized carbons (Fsp3) is 0.235. The normalized spacial score (nSPS) is 9.73. The Kier molecular flexibility index (Phi) is 4.29. The lowest BCUT2D eigenvalue weighted by molar-refractivity contribution is 1.01. The van der Waals surface area contributed by atoms with Crippen molar-refractivity contribution in [2.24, 2.45) is 0 Å². The maximum Gasteiger partial charge on any atom is 0.149 e. The molecule has 0 amide bonds. The van der Waals surface area contributed by atoms with Crippen LogP contribution in [0.3, 0.4) is 0 Å². The zero-order valence-corrected chi connectivity index (χ0v) is 13.1. The molecule has 0 unspecified atom stereocenters. The van der Waals surface area contributed by atoms with Crippen LogP contribution in [0.15, 0.2) is 30.3 Å². The maximum absolute atomic E-state index is 9.62. The smallest absolute Gasteiger partial charge is 0.149 e. The number of nitriles is 2. The number of rotatable bonds is 3. The summed E-state index contributed by atoms with van der Waals surface area (Å²) in [6.45, 7) is 0. The molecule has 1 heterocycles. The van der Waals surface area contributed by atoms with E-state index in [0.717, 1.165) is 5.56 Å². The molecule has 5 nitrogen and oxygen atoms in total. The Balaban J connectivity index is 2.96. The zero-order chi connectivity index (χ0) is 16.3. The Labute approximate surface area is 130 Å². The van der Waals surface area contributed by atoms with Crippen molar-refractivity contribution in [3.05, 3.63) is 41.5 Å². The van der Waals surface area contributed by atoms with Crippen molar-refractivity contribution >= 4 is 11.6 Å². The molecule has 0 bridgehead atoms. The number of pyridine rings is 1. The van der Waals surface area contributed by atoms with Crippen LogP contribution >= 0.6 is 0 Å². The number of aromatic nitrogens is 1. The summed E-state index contributed by atoms with van der Waals surface area (Å²) in [5, 5.41) is 19.2. The van der Waals surface area contributed by atoms with Gasteiger partial charge in [-0.25, -0.2) is 4.98 Å². The number of benzene rings is 1. The van der Waals surface area contributed by atoms with Crippen LogP contribution < -0.4 is 9.80 Å². The van der Waals surface area contributed by atoms with Gasteiger partial charge in [0.05, 0.1) is 0 Å². The van der Waals surface area contributed by atoms with Gasteiger partial charge in [0.2, 0.25) is 0 Å². The monoisotopic (exact) mass is 291 g/mol. The number of hydrogen-bond acceptors (Lipinski definition) is 5. The summed E-state index contributed by atoms with van der Waals surface area (Å²) in [4.78, 5) is 8.09. The highest BCUT2D eigenvalue weighted by Gasteiger charge is 2.22. The van der Waals surface area contributed by atoms with Gasteiger partial charge in [-0.15, -0.1) is 0 Å². The van der Waals surface area contributed by atoms with Gasteiger partial charge in [0, 0.05) is 33.8 Å². The predicted octanol–water partition coefficient (Wildman–Crippen LogP) is 2.62. The molecule has 0 fully saturated rings. The Morgan fingerprint density at radius 1 is 0.818 bits per heavy atom. The van der Waals surface area contributed by atoms with E-state index in [1.807, 2.05) is 58.5 Å². The van der Waals surface area contributed by atoms with E-state index in [1.54, 1.807) is 9.80 Å². The van der Waals surface area contributed by atoms with E-state index in [0.29, 0.717) is 28.3 Å². The van der Waals surface area contributed by atoms with E-state index in [1.165, 1.54) is 0 Å². The van der Waals surface area contributed by atoms with Gasteiger partial charge in [0.1, 0.15) is 34.9 Å². The van der Waals surface area contributed by atoms with Gasteiger partial charge in [0.15, 0.2) is 0 Å². The fourth-order valence-corrected chi connectivity index (χ4v) is 2.31. The third kappa shape index (κ3) is 2.57. The molecule has 0 N–H and O–H groups in total. The SMILES string of the molecule is CN(C)c1nc(N(C)C)c(C#N)c(-c2ccccc2)c1C#N. The molecule has 2 aromatic rings. The van der Waals surface area contributed by atoms with Crippen molar-refractivity contribution in [2.75, 3.05) is 38.0 Å². The third-order valence-corrected chi connectivity index (χ3v) is 3.29. The molecule has 22 heavy (non-hydrogen) atoms. The lowest BCUT2D eigenvalue weighted by Crippen LogP contribution is -2.19. The summed E-state index contributed by atoms with van der Waals surface area (Å²) in [5.74, 6) is 1.12. The summed E-state index contributed by atoms with van der Waals surface area (Å²) in [7, 11) is 7.35. The molecule has 0 radical (unpaired) electrons. The number of nitrogens with zero attached hydrogens (tertiary/aromatic N) is 5. The molecule has 5 heteroatoms. The summed E-state index contributed by atoms with van der Waals surface area (Å²) < 4.78 is 0. The molecule has 0 saturated heterocycles. The Hall–Kier alpha value is -3.05. The fourth-order valence-electron chi connectivity index (χ4n) is 2.31. The van der Waals surface area contributed by atoms with E-state index in [9.17, 15) is 10.5 Å². The van der Waals surface area contributed by atoms with E-state index >= 15 is 0 Å². The van der Waals surface area contributed by atoms with Gasteiger partial charge in [-0.2, -0.15) is 10.5 Å². The van der Waals surface area contributed by atoms with E-state index in [4.69, 9.17) is 0 Å². The molecular formula is C17H17N5. The molecule has 0 saturated carbocycles. The predicted molar refractivity (Wildman–Crippen MR) is 87.8 cm³/mol. The van der Waals surface area contributed by atoms with Crippen LogP contribution in [0, 0.1) is 22.7 Å². The van der Waals surface area contributed by atoms with Crippen molar-refractivity contribution in [1.29, 1.82) is 10.5 Å². The van der Waals surface area contributed by atoms with Gasteiger partial charge < -0.3 is 9.80 Å². The van der Waals surface area contributed by atoms with Gasteiger partial charge in [-0.05, 0) is 5.56 Å². The first-order valence-corrected chi connectivity index (χ1v) is 6.79. The summed E-state index contributed by atoms with van der Waals surface area (Å²) in [5.41, 5.74) is 2.30. The Morgan fingerprint density at radius 3 is 1.64 bits per heavy atom. The molecule has 1 aromatic heterocycles. The van der Waals surface area contributed by atoms with Crippen molar-refractivity contribution < 1.29 is 0 Å². The van der Waals surface area contributed by atoms with Crippen molar-refractivity contribution in [3.63, 3.8) is 0 Å². The second kappa shape index (κ2) is 6.15. The molecule has 110 valence electrons. The Bertz CT molecular complexity index is 720. The number of hydrogen-bond donors (Lipinski definition) is 0. The van der Waals surface area contributed by atoms with Gasteiger partial charge in [0.25, 0.3) is 0 Å². The van der Waals surface area contributed by atoms with Crippen LogP contribution in [-0.2, 0) is 0 Å². The van der Waals surface area contributed by atoms with Gasteiger partial charge >= 0.3 is 0 Å². The highest BCUT2D eigenvalue weighted by Crippen LogP contribution is 2.36. The first kappa shape index (κ1) is 15.3. The van der Waals surface area contributed by atoms with E-state index < -0.39 is 0 Å². The van der Waals surface area contributed by atoms with Crippen LogP contribution in [0.5, 0.6) is 0 Å². The van der Waals surface area contributed by atoms with Crippen LogP contribution in [0.2, 0.25) is 0 Å². The third-order valence-electron chi connectivity index (χ3n) is 3.29. The Morgan fingerprint density at radius 2 is 1.27 bits per heavy atom.